The van der Waals surface area contributed by atoms with Crippen LogP contribution in [0.5, 0.6) is 11.5 Å². The summed E-state index contributed by atoms with van der Waals surface area (Å²) in [4.78, 5) is 27.5. The highest BCUT2D eigenvalue weighted by Crippen LogP contribution is 2.27. The van der Waals surface area contributed by atoms with Gasteiger partial charge in [0.15, 0.2) is 0 Å². The molecule has 0 unspecified atom stereocenters. The zero-order valence-corrected chi connectivity index (χ0v) is 22.2. The van der Waals surface area contributed by atoms with Crippen molar-refractivity contribution in [3.8, 4) is 17.2 Å². The fourth-order valence-electron chi connectivity index (χ4n) is 3.47. The van der Waals surface area contributed by atoms with Gasteiger partial charge in [0.2, 0.25) is 5.91 Å². The molecule has 0 radical (unpaired) electrons. The number of amides is 3. The van der Waals surface area contributed by atoms with E-state index in [2.05, 4.69) is 31.4 Å². The van der Waals surface area contributed by atoms with Gasteiger partial charge in [-0.25, -0.2) is 9.48 Å². The molecule has 37 heavy (non-hydrogen) atoms. The Balaban J connectivity index is 1.80. The minimum atomic E-state index is -0.431. The van der Waals surface area contributed by atoms with Gasteiger partial charge in [0.1, 0.15) is 23.9 Å². The first-order valence-electron chi connectivity index (χ1n) is 11.9. The standard InChI is InChI=1S/C27H35N5O5/c1-27(2,3)23-17-24(32(30-23)20-10-12-21(36-5)13-11-20)29-25(33)18-31(14-15-35-4)26(34)28-19-8-7-9-22(16-19)37-6/h7-13,16-17H,14-15,18H2,1-6H3,(H,28,34)(H,29,33). The van der Waals surface area contributed by atoms with E-state index >= 15 is 0 Å². The molecular weight excluding hydrogens is 474 g/mol. The normalized spacial score (nSPS) is 11.1. The average Bonchev–Trinajstić information content (AvgIpc) is 3.30. The Morgan fingerprint density at radius 3 is 2.27 bits per heavy atom. The van der Waals surface area contributed by atoms with Gasteiger partial charge in [-0.3, -0.25) is 4.79 Å². The Morgan fingerprint density at radius 2 is 1.65 bits per heavy atom. The SMILES string of the molecule is COCCN(CC(=O)Nc1cc(C(C)(C)C)nn1-c1ccc(OC)cc1)C(=O)Nc1cccc(OC)c1. The van der Waals surface area contributed by atoms with Crippen LogP contribution in [0.3, 0.4) is 0 Å². The minimum Gasteiger partial charge on any atom is -0.497 e. The number of benzene rings is 2. The molecule has 3 rings (SSSR count). The van der Waals surface area contributed by atoms with Gasteiger partial charge in [-0.05, 0) is 36.4 Å². The maximum Gasteiger partial charge on any atom is 0.322 e. The van der Waals surface area contributed by atoms with Gasteiger partial charge in [-0.15, -0.1) is 0 Å². The van der Waals surface area contributed by atoms with Crippen molar-refractivity contribution in [2.75, 3.05) is 51.7 Å². The number of carbonyl (C=O) groups is 2. The summed E-state index contributed by atoms with van der Waals surface area (Å²) in [6, 6.07) is 15.8. The zero-order valence-electron chi connectivity index (χ0n) is 22.2. The van der Waals surface area contributed by atoms with E-state index in [1.54, 1.807) is 50.3 Å². The molecule has 0 aliphatic heterocycles. The second kappa shape index (κ2) is 12.3. The average molecular weight is 510 g/mol. The maximum absolute atomic E-state index is 13.1. The van der Waals surface area contributed by atoms with Crippen LogP contribution in [0, 0.1) is 0 Å². The molecule has 0 aliphatic rings. The van der Waals surface area contributed by atoms with Crippen LogP contribution in [-0.4, -0.2) is 67.6 Å². The lowest BCUT2D eigenvalue weighted by Gasteiger charge is -2.22. The Labute approximate surface area is 217 Å². The molecule has 0 aliphatic carbocycles. The Kier molecular flexibility index (Phi) is 9.13. The third kappa shape index (κ3) is 7.47. The monoisotopic (exact) mass is 509 g/mol. The fraction of sp³-hybridized carbons (Fsp3) is 0.370. The van der Waals surface area contributed by atoms with Gasteiger partial charge in [0, 0.05) is 36.9 Å². The van der Waals surface area contributed by atoms with Crippen LogP contribution < -0.4 is 20.1 Å². The number of nitrogens with zero attached hydrogens (tertiary/aromatic N) is 3. The molecule has 0 atom stereocenters. The van der Waals surface area contributed by atoms with Crippen molar-refractivity contribution in [1.29, 1.82) is 0 Å². The molecular formula is C27H35N5O5. The highest BCUT2D eigenvalue weighted by Gasteiger charge is 2.23. The quantitative estimate of drug-likeness (QED) is 0.422. The molecule has 0 bridgehead atoms. The number of hydrogen-bond acceptors (Lipinski definition) is 6. The van der Waals surface area contributed by atoms with E-state index < -0.39 is 6.03 Å². The molecule has 2 aromatic carbocycles. The van der Waals surface area contributed by atoms with Gasteiger partial charge in [-0.1, -0.05) is 26.8 Å². The van der Waals surface area contributed by atoms with Crippen LogP contribution in [0.1, 0.15) is 26.5 Å². The third-order valence-corrected chi connectivity index (χ3v) is 5.57. The minimum absolute atomic E-state index is 0.183. The number of hydrogen-bond donors (Lipinski definition) is 2. The fourth-order valence-corrected chi connectivity index (χ4v) is 3.47. The molecule has 198 valence electrons. The summed E-state index contributed by atoms with van der Waals surface area (Å²) >= 11 is 0. The number of rotatable bonds is 10. The number of carbonyl (C=O) groups excluding carboxylic acids is 2. The second-order valence-electron chi connectivity index (χ2n) is 9.40. The maximum atomic E-state index is 13.1. The molecule has 10 heteroatoms. The van der Waals surface area contributed by atoms with E-state index in [-0.39, 0.29) is 31.0 Å². The van der Waals surface area contributed by atoms with Gasteiger partial charge in [0.05, 0.1) is 32.2 Å². The third-order valence-electron chi connectivity index (χ3n) is 5.57. The number of ether oxygens (including phenoxy) is 3. The Morgan fingerprint density at radius 1 is 0.946 bits per heavy atom. The first kappa shape index (κ1) is 27.5. The van der Waals surface area contributed by atoms with Crippen LogP contribution in [0.25, 0.3) is 5.69 Å². The van der Waals surface area contributed by atoms with E-state index in [4.69, 9.17) is 19.3 Å². The Bertz CT molecular complexity index is 1200. The molecule has 1 heterocycles. The van der Waals surface area contributed by atoms with E-state index in [0.717, 1.165) is 11.4 Å². The number of nitrogens with one attached hydrogen (secondary N) is 2. The van der Waals surface area contributed by atoms with Crippen molar-refractivity contribution >= 4 is 23.4 Å². The van der Waals surface area contributed by atoms with Crippen LogP contribution in [0.4, 0.5) is 16.3 Å². The first-order chi connectivity index (χ1) is 17.6. The highest BCUT2D eigenvalue weighted by molar-refractivity contribution is 5.96. The number of anilines is 2. The lowest BCUT2D eigenvalue weighted by molar-refractivity contribution is -0.116. The van der Waals surface area contributed by atoms with Crippen molar-refractivity contribution in [3.63, 3.8) is 0 Å². The molecule has 3 aromatic rings. The molecule has 0 spiro atoms. The van der Waals surface area contributed by atoms with Crippen molar-refractivity contribution in [2.24, 2.45) is 0 Å². The van der Waals surface area contributed by atoms with Crippen LogP contribution in [0.15, 0.2) is 54.6 Å². The molecule has 3 amide bonds. The zero-order chi connectivity index (χ0) is 27.0. The summed E-state index contributed by atoms with van der Waals surface area (Å²) in [5.74, 6) is 1.46. The topological polar surface area (TPSA) is 107 Å². The van der Waals surface area contributed by atoms with Crippen LogP contribution >= 0.6 is 0 Å². The number of aromatic nitrogens is 2. The summed E-state index contributed by atoms with van der Waals surface area (Å²) in [7, 11) is 4.70. The molecule has 0 saturated heterocycles. The van der Waals surface area contributed by atoms with Crippen LogP contribution in [-0.2, 0) is 14.9 Å². The highest BCUT2D eigenvalue weighted by atomic mass is 16.5. The molecule has 10 nitrogen and oxygen atoms in total. The van der Waals surface area contributed by atoms with Gasteiger partial charge in [-0.2, -0.15) is 5.10 Å². The smallest absolute Gasteiger partial charge is 0.322 e. The van der Waals surface area contributed by atoms with E-state index in [1.807, 2.05) is 30.3 Å². The Hall–Kier alpha value is -4.05. The van der Waals surface area contributed by atoms with Crippen molar-refractivity contribution in [2.45, 2.75) is 26.2 Å². The van der Waals surface area contributed by atoms with Gasteiger partial charge in [0.25, 0.3) is 0 Å². The predicted octanol–water partition coefficient (Wildman–Crippen LogP) is 4.31. The van der Waals surface area contributed by atoms with Gasteiger partial charge >= 0.3 is 6.03 Å². The molecule has 0 saturated carbocycles. The largest absolute Gasteiger partial charge is 0.497 e. The van der Waals surface area contributed by atoms with Crippen LogP contribution in [0.2, 0.25) is 0 Å². The summed E-state index contributed by atoms with van der Waals surface area (Å²) < 4.78 is 17.3. The lowest BCUT2D eigenvalue weighted by Crippen LogP contribution is -2.42. The second-order valence-corrected chi connectivity index (χ2v) is 9.40. The predicted molar refractivity (Wildman–Crippen MR) is 143 cm³/mol. The first-order valence-corrected chi connectivity index (χ1v) is 11.9. The lowest BCUT2D eigenvalue weighted by atomic mass is 9.92. The summed E-state index contributed by atoms with van der Waals surface area (Å²) in [5, 5.41) is 10.5. The van der Waals surface area contributed by atoms with Crippen molar-refractivity contribution in [1.82, 2.24) is 14.7 Å². The summed E-state index contributed by atoms with van der Waals surface area (Å²) in [6.45, 7) is 6.47. The summed E-state index contributed by atoms with van der Waals surface area (Å²) in [5.41, 5.74) is 1.89. The van der Waals surface area contributed by atoms with Gasteiger partial charge < -0.3 is 29.7 Å². The molecule has 1 aromatic heterocycles. The van der Waals surface area contributed by atoms with E-state index in [1.165, 1.54) is 4.90 Å². The summed E-state index contributed by atoms with van der Waals surface area (Å²) in [6.07, 6.45) is 0. The molecule has 2 N–H and O–H groups in total. The number of methoxy groups -OCH3 is 3. The number of urea groups is 1. The van der Waals surface area contributed by atoms with E-state index in [9.17, 15) is 9.59 Å². The molecule has 0 fully saturated rings. The van der Waals surface area contributed by atoms with Crippen molar-refractivity contribution < 1.29 is 23.8 Å². The van der Waals surface area contributed by atoms with Crippen molar-refractivity contribution in [3.05, 3.63) is 60.3 Å². The van der Waals surface area contributed by atoms with E-state index in [0.29, 0.717) is 23.0 Å².